The zero-order valence-electron chi connectivity index (χ0n) is 7.54. The van der Waals surface area contributed by atoms with Crippen molar-refractivity contribution in [3.8, 4) is 0 Å². The standard InChI is InChI=1S/C11H13N/c1-8-7-10-5-3-4-6-11(10)9(2)12-8/h3-6,8H,7H2,1-2H3/t8-/m1/s1. The Balaban J connectivity index is 2.53. The van der Waals surface area contributed by atoms with Gasteiger partial charge in [-0.15, -0.1) is 0 Å². The van der Waals surface area contributed by atoms with E-state index in [1.54, 1.807) is 0 Å². The lowest BCUT2D eigenvalue weighted by molar-refractivity contribution is 0.727. The van der Waals surface area contributed by atoms with Crippen molar-refractivity contribution in [2.45, 2.75) is 26.3 Å². The van der Waals surface area contributed by atoms with Crippen LogP contribution in [0.15, 0.2) is 29.3 Å². The third-order valence-corrected chi connectivity index (χ3v) is 2.34. The third-order valence-electron chi connectivity index (χ3n) is 2.34. The molecule has 0 spiro atoms. The lowest BCUT2D eigenvalue weighted by atomic mass is 9.95. The molecule has 0 amide bonds. The molecule has 0 N–H and O–H groups in total. The predicted molar refractivity (Wildman–Crippen MR) is 51.8 cm³/mol. The summed E-state index contributed by atoms with van der Waals surface area (Å²) in [6.07, 6.45) is 1.09. The van der Waals surface area contributed by atoms with Crippen LogP contribution in [-0.2, 0) is 6.42 Å². The number of rotatable bonds is 0. The number of hydrogen-bond acceptors (Lipinski definition) is 1. The summed E-state index contributed by atoms with van der Waals surface area (Å²) < 4.78 is 0. The van der Waals surface area contributed by atoms with Crippen LogP contribution in [0.3, 0.4) is 0 Å². The molecule has 0 saturated heterocycles. The van der Waals surface area contributed by atoms with Gasteiger partial charge in [-0.2, -0.15) is 0 Å². The molecule has 1 aromatic rings. The summed E-state index contributed by atoms with van der Waals surface area (Å²) >= 11 is 0. The van der Waals surface area contributed by atoms with E-state index in [9.17, 15) is 0 Å². The Labute approximate surface area is 73.1 Å². The van der Waals surface area contributed by atoms with Crippen molar-refractivity contribution < 1.29 is 0 Å². The van der Waals surface area contributed by atoms with Gasteiger partial charge >= 0.3 is 0 Å². The summed E-state index contributed by atoms with van der Waals surface area (Å²) in [6, 6.07) is 8.99. The van der Waals surface area contributed by atoms with Gasteiger partial charge < -0.3 is 0 Å². The van der Waals surface area contributed by atoms with Crippen LogP contribution in [0.5, 0.6) is 0 Å². The Bertz CT molecular complexity index is 326. The van der Waals surface area contributed by atoms with E-state index in [2.05, 4.69) is 43.1 Å². The molecule has 0 radical (unpaired) electrons. The van der Waals surface area contributed by atoms with Crippen molar-refractivity contribution in [3.63, 3.8) is 0 Å². The number of nitrogens with zero attached hydrogens (tertiary/aromatic N) is 1. The molecule has 0 aliphatic carbocycles. The second-order valence-corrected chi connectivity index (χ2v) is 3.42. The minimum absolute atomic E-state index is 0.458. The zero-order valence-corrected chi connectivity index (χ0v) is 7.54. The van der Waals surface area contributed by atoms with Crippen LogP contribution in [0.4, 0.5) is 0 Å². The molecule has 1 heterocycles. The van der Waals surface area contributed by atoms with Gasteiger partial charge in [0, 0.05) is 5.71 Å². The number of benzene rings is 1. The van der Waals surface area contributed by atoms with Gasteiger partial charge in [-0.3, -0.25) is 4.99 Å². The Morgan fingerprint density at radius 2 is 2.08 bits per heavy atom. The van der Waals surface area contributed by atoms with Crippen molar-refractivity contribution in [2.24, 2.45) is 4.99 Å². The topological polar surface area (TPSA) is 12.4 Å². The van der Waals surface area contributed by atoms with Gasteiger partial charge in [0.25, 0.3) is 0 Å². The first-order valence-corrected chi connectivity index (χ1v) is 4.40. The minimum Gasteiger partial charge on any atom is -0.286 e. The summed E-state index contributed by atoms with van der Waals surface area (Å²) in [6.45, 7) is 4.26. The first-order valence-electron chi connectivity index (χ1n) is 4.40. The molecule has 1 heteroatoms. The van der Waals surface area contributed by atoms with E-state index < -0.39 is 0 Å². The lowest BCUT2D eigenvalue weighted by Crippen LogP contribution is -2.16. The highest BCUT2D eigenvalue weighted by Gasteiger charge is 2.13. The molecule has 2 rings (SSSR count). The number of fused-ring (bicyclic) bond motifs is 1. The maximum atomic E-state index is 4.54. The lowest BCUT2D eigenvalue weighted by Gasteiger charge is -2.18. The molecule has 62 valence electrons. The van der Waals surface area contributed by atoms with Gasteiger partial charge in [-0.1, -0.05) is 24.3 Å². The Hall–Kier alpha value is -1.11. The average molecular weight is 159 g/mol. The van der Waals surface area contributed by atoms with Gasteiger partial charge in [0.2, 0.25) is 0 Å². The third kappa shape index (κ3) is 1.15. The van der Waals surface area contributed by atoms with Crippen molar-refractivity contribution in [3.05, 3.63) is 35.4 Å². The van der Waals surface area contributed by atoms with E-state index in [1.165, 1.54) is 16.8 Å². The fourth-order valence-corrected chi connectivity index (χ4v) is 1.82. The fourth-order valence-electron chi connectivity index (χ4n) is 1.82. The quantitative estimate of drug-likeness (QED) is 0.551. The maximum Gasteiger partial charge on any atom is 0.0515 e. The highest BCUT2D eigenvalue weighted by molar-refractivity contribution is 6.00. The molecule has 1 aliphatic heterocycles. The normalized spacial score (nSPS) is 21.5. The summed E-state index contributed by atoms with van der Waals surface area (Å²) in [7, 11) is 0. The van der Waals surface area contributed by atoms with Crippen LogP contribution in [0.1, 0.15) is 25.0 Å². The fraction of sp³-hybridized carbons (Fsp3) is 0.364. The SMILES string of the molecule is CC1=N[C@H](C)Cc2ccccc21. The van der Waals surface area contributed by atoms with Gasteiger partial charge in [0.1, 0.15) is 0 Å². The van der Waals surface area contributed by atoms with E-state index in [-0.39, 0.29) is 0 Å². The van der Waals surface area contributed by atoms with Crippen LogP contribution in [0.2, 0.25) is 0 Å². The smallest absolute Gasteiger partial charge is 0.0515 e. The summed E-state index contributed by atoms with van der Waals surface area (Å²) in [5.41, 5.74) is 3.96. The van der Waals surface area contributed by atoms with E-state index in [0.717, 1.165) is 6.42 Å². The summed E-state index contributed by atoms with van der Waals surface area (Å²) in [4.78, 5) is 4.54. The molecule has 1 aliphatic rings. The maximum absolute atomic E-state index is 4.54. The van der Waals surface area contributed by atoms with Crippen LogP contribution in [0.25, 0.3) is 0 Å². The molecule has 1 nitrogen and oxygen atoms in total. The van der Waals surface area contributed by atoms with Gasteiger partial charge in [-0.05, 0) is 31.4 Å². The molecule has 0 fully saturated rings. The number of hydrogen-bond donors (Lipinski definition) is 0. The van der Waals surface area contributed by atoms with Crippen LogP contribution in [-0.4, -0.2) is 11.8 Å². The molecule has 12 heavy (non-hydrogen) atoms. The molecule has 1 aromatic carbocycles. The first kappa shape index (κ1) is 7.53. The molecule has 0 aromatic heterocycles. The van der Waals surface area contributed by atoms with Crippen molar-refractivity contribution in [1.82, 2.24) is 0 Å². The van der Waals surface area contributed by atoms with Crippen molar-refractivity contribution in [2.75, 3.05) is 0 Å². The molecule has 0 bridgehead atoms. The molecule has 1 atom stereocenters. The first-order chi connectivity index (χ1) is 5.77. The molecule has 0 unspecified atom stereocenters. The Kier molecular flexibility index (Phi) is 1.72. The molecular weight excluding hydrogens is 146 g/mol. The van der Waals surface area contributed by atoms with Gasteiger partial charge in [0.15, 0.2) is 0 Å². The highest BCUT2D eigenvalue weighted by Crippen LogP contribution is 2.18. The summed E-state index contributed by atoms with van der Waals surface area (Å²) in [5, 5.41) is 0. The minimum atomic E-state index is 0.458. The van der Waals surface area contributed by atoms with Crippen LogP contribution < -0.4 is 0 Å². The summed E-state index contributed by atoms with van der Waals surface area (Å²) in [5.74, 6) is 0. The number of aliphatic imine (C=N–C) groups is 1. The Morgan fingerprint density at radius 3 is 2.92 bits per heavy atom. The van der Waals surface area contributed by atoms with Crippen LogP contribution in [0, 0.1) is 0 Å². The largest absolute Gasteiger partial charge is 0.286 e. The molecular formula is C11H13N. The average Bonchev–Trinajstić information content (AvgIpc) is 2.04. The van der Waals surface area contributed by atoms with Gasteiger partial charge in [-0.25, -0.2) is 0 Å². The second-order valence-electron chi connectivity index (χ2n) is 3.42. The van der Waals surface area contributed by atoms with Crippen LogP contribution >= 0.6 is 0 Å². The van der Waals surface area contributed by atoms with Gasteiger partial charge in [0.05, 0.1) is 6.04 Å². The van der Waals surface area contributed by atoms with E-state index in [4.69, 9.17) is 0 Å². The van der Waals surface area contributed by atoms with Crippen molar-refractivity contribution in [1.29, 1.82) is 0 Å². The second kappa shape index (κ2) is 2.74. The molecule has 0 saturated carbocycles. The Morgan fingerprint density at radius 1 is 1.33 bits per heavy atom. The van der Waals surface area contributed by atoms with E-state index >= 15 is 0 Å². The van der Waals surface area contributed by atoms with E-state index in [0.29, 0.717) is 6.04 Å². The highest BCUT2D eigenvalue weighted by atomic mass is 14.8. The van der Waals surface area contributed by atoms with Crippen molar-refractivity contribution >= 4 is 5.71 Å². The van der Waals surface area contributed by atoms with E-state index in [1.807, 2.05) is 0 Å². The predicted octanol–water partition coefficient (Wildman–Crippen LogP) is 2.44. The monoisotopic (exact) mass is 159 g/mol. The zero-order chi connectivity index (χ0) is 8.55.